The molecule has 1 N–H and O–H groups in total. The summed E-state index contributed by atoms with van der Waals surface area (Å²) >= 11 is 6.03. The van der Waals surface area contributed by atoms with Crippen molar-refractivity contribution in [2.24, 2.45) is 5.92 Å². The van der Waals surface area contributed by atoms with E-state index in [9.17, 15) is 0 Å². The molecular formula is C14H22ClNO. The van der Waals surface area contributed by atoms with Crippen LogP contribution in [0.15, 0.2) is 18.2 Å². The Morgan fingerprint density at radius 2 is 2.12 bits per heavy atom. The third-order valence-electron chi connectivity index (χ3n) is 3.28. The zero-order valence-corrected chi connectivity index (χ0v) is 11.8. The van der Waals surface area contributed by atoms with E-state index in [-0.39, 0.29) is 0 Å². The van der Waals surface area contributed by atoms with E-state index in [2.05, 4.69) is 19.2 Å². The van der Waals surface area contributed by atoms with E-state index in [4.69, 9.17) is 16.3 Å². The summed E-state index contributed by atoms with van der Waals surface area (Å²) < 4.78 is 5.37. The standard InChI is InChI=1S/C14H22ClNO/c1-5-13(16-3)10(2)8-11-9-12(15)6-7-14(11)17-4/h6-7,9-10,13,16H,5,8H2,1-4H3. The monoisotopic (exact) mass is 255 g/mol. The first-order valence-electron chi connectivity index (χ1n) is 6.12. The molecule has 0 amide bonds. The van der Waals surface area contributed by atoms with Crippen LogP contribution < -0.4 is 10.1 Å². The normalized spacial score (nSPS) is 14.4. The Morgan fingerprint density at radius 3 is 2.65 bits per heavy atom. The SMILES string of the molecule is CCC(NC)C(C)Cc1cc(Cl)ccc1OC. The number of methoxy groups -OCH3 is 1. The fraction of sp³-hybridized carbons (Fsp3) is 0.571. The van der Waals surface area contributed by atoms with Gasteiger partial charge < -0.3 is 10.1 Å². The predicted molar refractivity (Wildman–Crippen MR) is 74.0 cm³/mol. The first-order valence-corrected chi connectivity index (χ1v) is 6.49. The second kappa shape index (κ2) is 6.87. The van der Waals surface area contributed by atoms with Crippen LogP contribution in [0.25, 0.3) is 0 Å². The van der Waals surface area contributed by atoms with Crippen LogP contribution >= 0.6 is 11.6 Å². The van der Waals surface area contributed by atoms with Crippen LogP contribution in [0.1, 0.15) is 25.8 Å². The summed E-state index contributed by atoms with van der Waals surface area (Å²) in [5.41, 5.74) is 1.18. The van der Waals surface area contributed by atoms with Crippen LogP contribution in [0.4, 0.5) is 0 Å². The van der Waals surface area contributed by atoms with Gasteiger partial charge in [-0.2, -0.15) is 0 Å². The van der Waals surface area contributed by atoms with Gasteiger partial charge in [0.25, 0.3) is 0 Å². The molecule has 0 radical (unpaired) electrons. The van der Waals surface area contributed by atoms with Crippen LogP contribution in [0.2, 0.25) is 5.02 Å². The van der Waals surface area contributed by atoms with E-state index in [1.54, 1.807) is 7.11 Å². The third kappa shape index (κ3) is 3.90. The number of nitrogens with one attached hydrogen (secondary N) is 1. The molecular weight excluding hydrogens is 234 g/mol. The number of halogens is 1. The van der Waals surface area contributed by atoms with Crippen molar-refractivity contribution in [3.05, 3.63) is 28.8 Å². The molecule has 1 rings (SSSR count). The second-order valence-electron chi connectivity index (χ2n) is 4.44. The molecule has 2 unspecified atom stereocenters. The van der Waals surface area contributed by atoms with Gasteiger partial charge in [-0.15, -0.1) is 0 Å². The number of ether oxygens (including phenoxy) is 1. The predicted octanol–water partition coefficient (Wildman–Crippen LogP) is 3.53. The zero-order chi connectivity index (χ0) is 12.8. The van der Waals surface area contributed by atoms with E-state index < -0.39 is 0 Å². The largest absolute Gasteiger partial charge is 0.496 e. The number of rotatable bonds is 6. The second-order valence-corrected chi connectivity index (χ2v) is 4.88. The molecule has 1 aromatic carbocycles. The number of hydrogen-bond donors (Lipinski definition) is 1. The Hall–Kier alpha value is -0.730. The Balaban J connectivity index is 2.82. The molecule has 2 atom stereocenters. The van der Waals surface area contributed by atoms with Gasteiger partial charge in [-0.1, -0.05) is 25.4 Å². The quantitative estimate of drug-likeness (QED) is 0.840. The molecule has 1 aromatic rings. The average molecular weight is 256 g/mol. The van der Waals surface area contributed by atoms with Crippen molar-refractivity contribution in [1.82, 2.24) is 5.32 Å². The Morgan fingerprint density at radius 1 is 1.41 bits per heavy atom. The molecule has 0 spiro atoms. The van der Waals surface area contributed by atoms with E-state index in [1.165, 1.54) is 5.56 Å². The molecule has 3 heteroatoms. The molecule has 0 aromatic heterocycles. The molecule has 0 aliphatic heterocycles. The van der Waals surface area contributed by atoms with E-state index in [1.807, 2.05) is 25.2 Å². The van der Waals surface area contributed by atoms with Crippen molar-refractivity contribution < 1.29 is 4.74 Å². The molecule has 0 bridgehead atoms. The summed E-state index contributed by atoms with van der Waals surface area (Å²) in [6.45, 7) is 4.46. The summed E-state index contributed by atoms with van der Waals surface area (Å²) in [6.07, 6.45) is 2.10. The van der Waals surface area contributed by atoms with E-state index in [0.29, 0.717) is 12.0 Å². The maximum Gasteiger partial charge on any atom is 0.122 e. The molecule has 96 valence electrons. The van der Waals surface area contributed by atoms with Crippen LogP contribution in [0.3, 0.4) is 0 Å². The topological polar surface area (TPSA) is 21.3 Å². The van der Waals surface area contributed by atoms with Gasteiger partial charge in [0.05, 0.1) is 7.11 Å². The van der Waals surface area contributed by atoms with Gasteiger partial charge in [0, 0.05) is 11.1 Å². The van der Waals surface area contributed by atoms with Crippen LogP contribution in [-0.2, 0) is 6.42 Å². The Kier molecular flexibility index (Phi) is 5.79. The van der Waals surface area contributed by atoms with Crippen LogP contribution in [0.5, 0.6) is 5.75 Å². The van der Waals surface area contributed by atoms with Gasteiger partial charge in [0.2, 0.25) is 0 Å². The number of benzene rings is 1. The van der Waals surface area contributed by atoms with Crippen LogP contribution in [0, 0.1) is 5.92 Å². The highest BCUT2D eigenvalue weighted by Crippen LogP contribution is 2.26. The fourth-order valence-electron chi connectivity index (χ4n) is 2.29. The Labute approximate surface area is 109 Å². The molecule has 17 heavy (non-hydrogen) atoms. The van der Waals surface area contributed by atoms with Gasteiger partial charge in [0.15, 0.2) is 0 Å². The van der Waals surface area contributed by atoms with Gasteiger partial charge >= 0.3 is 0 Å². The first kappa shape index (κ1) is 14.3. The highest BCUT2D eigenvalue weighted by molar-refractivity contribution is 6.30. The summed E-state index contributed by atoms with van der Waals surface area (Å²) in [5.74, 6) is 1.48. The molecule has 0 saturated carbocycles. The maximum atomic E-state index is 6.03. The van der Waals surface area contributed by atoms with Gasteiger partial charge in [-0.05, 0) is 49.6 Å². The molecule has 0 saturated heterocycles. The van der Waals surface area contributed by atoms with Crippen molar-refractivity contribution in [2.75, 3.05) is 14.2 Å². The van der Waals surface area contributed by atoms with E-state index >= 15 is 0 Å². The van der Waals surface area contributed by atoms with Crippen molar-refractivity contribution in [3.8, 4) is 5.75 Å². The minimum Gasteiger partial charge on any atom is -0.496 e. The summed E-state index contributed by atoms with van der Waals surface area (Å²) in [7, 11) is 3.71. The van der Waals surface area contributed by atoms with Gasteiger partial charge in [-0.25, -0.2) is 0 Å². The summed E-state index contributed by atoms with van der Waals surface area (Å²) in [4.78, 5) is 0. The smallest absolute Gasteiger partial charge is 0.122 e. The molecule has 0 aliphatic carbocycles. The minimum absolute atomic E-state index is 0.527. The molecule has 0 fully saturated rings. The fourth-order valence-corrected chi connectivity index (χ4v) is 2.48. The lowest BCUT2D eigenvalue weighted by Gasteiger charge is -2.23. The minimum atomic E-state index is 0.527. The lowest BCUT2D eigenvalue weighted by molar-refractivity contribution is 0.372. The molecule has 0 heterocycles. The third-order valence-corrected chi connectivity index (χ3v) is 3.52. The highest BCUT2D eigenvalue weighted by Gasteiger charge is 2.16. The lowest BCUT2D eigenvalue weighted by Crippen LogP contribution is -2.32. The maximum absolute atomic E-state index is 6.03. The lowest BCUT2D eigenvalue weighted by atomic mass is 9.92. The highest BCUT2D eigenvalue weighted by atomic mass is 35.5. The van der Waals surface area contributed by atoms with E-state index in [0.717, 1.165) is 23.6 Å². The summed E-state index contributed by atoms with van der Waals surface area (Å²) in [6, 6.07) is 6.33. The van der Waals surface area contributed by atoms with Crippen molar-refractivity contribution in [2.45, 2.75) is 32.7 Å². The molecule has 0 aliphatic rings. The van der Waals surface area contributed by atoms with Crippen molar-refractivity contribution in [3.63, 3.8) is 0 Å². The average Bonchev–Trinajstić information content (AvgIpc) is 2.31. The first-order chi connectivity index (χ1) is 8.12. The van der Waals surface area contributed by atoms with Crippen LogP contribution in [-0.4, -0.2) is 20.2 Å². The van der Waals surface area contributed by atoms with Gasteiger partial charge in [-0.3, -0.25) is 0 Å². The molecule has 2 nitrogen and oxygen atoms in total. The van der Waals surface area contributed by atoms with Gasteiger partial charge in [0.1, 0.15) is 5.75 Å². The van der Waals surface area contributed by atoms with Crippen molar-refractivity contribution >= 4 is 11.6 Å². The Bertz CT molecular complexity index is 350. The number of hydrogen-bond acceptors (Lipinski definition) is 2. The zero-order valence-electron chi connectivity index (χ0n) is 11.1. The van der Waals surface area contributed by atoms with Crippen molar-refractivity contribution in [1.29, 1.82) is 0 Å². The summed E-state index contributed by atoms with van der Waals surface area (Å²) in [5, 5.41) is 4.12.